The lowest BCUT2D eigenvalue weighted by atomic mass is 10.1. The summed E-state index contributed by atoms with van der Waals surface area (Å²) in [4.78, 5) is 29.5. The summed E-state index contributed by atoms with van der Waals surface area (Å²) in [5, 5.41) is 8.82. The number of carbonyl (C=O) groups is 2. The highest BCUT2D eigenvalue weighted by Gasteiger charge is 2.22. The molecule has 6 nitrogen and oxygen atoms in total. The van der Waals surface area contributed by atoms with Gasteiger partial charge in [-0.05, 0) is 17.2 Å². The second kappa shape index (κ2) is 9.78. The smallest absolute Gasteiger partial charge is 0.243 e. The number of anilines is 1. The molecule has 0 radical (unpaired) electrons. The van der Waals surface area contributed by atoms with Gasteiger partial charge < -0.3 is 5.32 Å². The number of amides is 2. The third kappa shape index (κ3) is 5.42. The van der Waals surface area contributed by atoms with Crippen molar-refractivity contribution in [1.82, 2.24) is 9.99 Å². The van der Waals surface area contributed by atoms with E-state index < -0.39 is 11.6 Å². The molecule has 0 saturated carbocycles. The zero-order valence-electron chi connectivity index (χ0n) is 17.1. The molecule has 0 bridgehead atoms. The van der Waals surface area contributed by atoms with E-state index in [1.807, 2.05) is 30.3 Å². The Hall–Kier alpha value is -3.46. The summed E-state index contributed by atoms with van der Waals surface area (Å²) in [5.74, 6) is -1.80. The van der Waals surface area contributed by atoms with Crippen molar-refractivity contribution in [1.29, 1.82) is 0 Å². The number of nitrogens with zero attached hydrogens (tertiary/aromatic N) is 3. The minimum absolute atomic E-state index is 0.00697. The van der Waals surface area contributed by atoms with Gasteiger partial charge in [-0.15, -0.1) is 11.3 Å². The Morgan fingerprint density at radius 3 is 2.69 bits per heavy atom. The van der Waals surface area contributed by atoms with Gasteiger partial charge in [-0.3, -0.25) is 9.59 Å². The predicted molar refractivity (Wildman–Crippen MR) is 118 cm³/mol. The molecule has 9 heteroatoms. The average molecular weight is 455 g/mol. The highest BCUT2D eigenvalue weighted by atomic mass is 32.1. The summed E-state index contributed by atoms with van der Waals surface area (Å²) in [6.45, 7) is 0.500. The van der Waals surface area contributed by atoms with Gasteiger partial charge in [0.1, 0.15) is 11.6 Å². The molecule has 0 saturated heterocycles. The summed E-state index contributed by atoms with van der Waals surface area (Å²) in [6.07, 6.45) is 2.51. The molecule has 1 aliphatic heterocycles. The van der Waals surface area contributed by atoms with Crippen LogP contribution in [0.5, 0.6) is 0 Å². The Labute approximate surface area is 187 Å². The van der Waals surface area contributed by atoms with Crippen LogP contribution < -0.4 is 5.32 Å². The number of halogens is 2. The highest BCUT2D eigenvalue weighted by molar-refractivity contribution is 7.15. The first-order chi connectivity index (χ1) is 15.5. The van der Waals surface area contributed by atoms with E-state index in [0.717, 1.165) is 22.2 Å². The molecule has 2 heterocycles. The average Bonchev–Trinajstić information content (AvgIpc) is 3.45. The van der Waals surface area contributed by atoms with Gasteiger partial charge in [0.15, 0.2) is 5.13 Å². The standard InChI is InChI=1S/C23H20F2N4O2S/c24-17-7-6-16(19(25)13-17)12-18-14-26-23(32-18)27-21(30)8-9-22(31)29-11-10-20(28-29)15-4-2-1-3-5-15/h1-7,13-14H,8-12H2,(H,26,27,30). The van der Waals surface area contributed by atoms with Crippen LogP contribution in [0.25, 0.3) is 0 Å². The Morgan fingerprint density at radius 2 is 1.91 bits per heavy atom. The van der Waals surface area contributed by atoms with E-state index in [-0.39, 0.29) is 31.1 Å². The minimum atomic E-state index is -0.631. The first kappa shape index (κ1) is 21.8. The molecule has 0 aliphatic carbocycles. The molecule has 32 heavy (non-hydrogen) atoms. The number of hydrazone groups is 1. The fourth-order valence-electron chi connectivity index (χ4n) is 3.30. The molecule has 2 amide bonds. The molecule has 4 rings (SSSR count). The van der Waals surface area contributed by atoms with Crippen molar-refractivity contribution in [3.8, 4) is 0 Å². The first-order valence-corrected chi connectivity index (χ1v) is 10.9. The Bertz CT molecular complexity index is 1160. The van der Waals surface area contributed by atoms with Gasteiger partial charge in [-0.2, -0.15) is 5.10 Å². The van der Waals surface area contributed by atoms with Crippen molar-refractivity contribution >= 4 is 34.0 Å². The molecule has 1 aromatic heterocycles. The fourth-order valence-corrected chi connectivity index (χ4v) is 4.15. The van der Waals surface area contributed by atoms with Crippen molar-refractivity contribution in [3.63, 3.8) is 0 Å². The SMILES string of the molecule is O=C(CCC(=O)N1CCC(c2ccccc2)=N1)Nc1ncc(Cc2ccc(F)cc2F)s1. The Kier molecular flexibility index (Phi) is 6.65. The monoisotopic (exact) mass is 454 g/mol. The summed E-state index contributed by atoms with van der Waals surface area (Å²) in [5.41, 5.74) is 2.19. The number of rotatable bonds is 7. The van der Waals surface area contributed by atoms with E-state index in [2.05, 4.69) is 15.4 Å². The lowest BCUT2D eigenvalue weighted by Crippen LogP contribution is -2.24. The van der Waals surface area contributed by atoms with Crippen LogP contribution in [0, 0.1) is 11.6 Å². The molecule has 2 aromatic carbocycles. The molecule has 3 aromatic rings. The summed E-state index contributed by atoms with van der Waals surface area (Å²) < 4.78 is 26.8. The number of benzene rings is 2. The molecular formula is C23H20F2N4O2S. The maximum Gasteiger partial charge on any atom is 0.243 e. The van der Waals surface area contributed by atoms with Crippen LogP contribution in [0.15, 0.2) is 59.8 Å². The second-order valence-corrected chi connectivity index (χ2v) is 8.39. The normalized spacial score (nSPS) is 13.2. The Balaban J connectivity index is 1.26. The molecule has 0 fully saturated rings. The lowest BCUT2D eigenvalue weighted by Gasteiger charge is -2.10. The van der Waals surface area contributed by atoms with E-state index in [9.17, 15) is 18.4 Å². The second-order valence-electron chi connectivity index (χ2n) is 7.27. The molecule has 0 unspecified atom stereocenters. The van der Waals surface area contributed by atoms with Crippen LogP contribution in [0.1, 0.15) is 35.3 Å². The van der Waals surface area contributed by atoms with Crippen LogP contribution in [-0.2, 0) is 16.0 Å². The van der Waals surface area contributed by atoms with Gasteiger partial charge in [-0.25, -0.2) is 18.8 Å². The van der Waals surface area contributed by atoms with E-state index in [1.54, 1.807) is 0 Å². The summed E-state index contributed by atoms with van der Waals surface area (Å²) >= 11 is 1.21. The van der Waals surface area contributed by atoms with E-state index in [0.29, 0.717) is 23.7 Å². The van der Waals surface area contributed by atoms with Crippen LogP contribution in [0.3, 0.4) is 0 Å². The van der Waals surface area contributed by atoms with Gasteiger partial charge in [0, 0.05) is 42.8 Å². The molecule has 1 N–H and O–H groups in total. The third-order valence-corrected chi connectivity index (χ3v) is 5.86. The van der Waals surface area contributed by atoms with Crippen LogP contribution in [-0.4, -0.2) is 34.1 Å². The molecule has 0 spiro atoms. The number of carbonyl (C=O) groups excluding carboxylic acids is 2. The lowest BCUT2D eigenvalue weighted by molar-refractivity contribution is -0.132. The number of hydrogen-bond donors (Lipinski definition) is 1. The third-order valence-electron chi connectivity index (χ3n) is 4.94. The minimum Gasteiger partial charge on any atom is -0.302 e. The van der Waals surface area contributed by atoms with Crippen molar-refractivity contribution in [2.45, 2.75) is 25.7 Å². The molecular weight excluding hydrogens is 434 g/mol. The topological polar surface area (TPSA) is 74.7 Å². The van der Waals surface area contributed by atoms with Gasteiger partial charge in [-0.1, -0.05) is 36.4 Å². The molecule has 164 valence electrons. The molecule has 0 atom stereocenters. The Morgan fingerprint density at radius 1 is 1.09 bits per heavy atom. The van der Waals surface area contributed by atoms with Gasteiger partial charge in [0.05, 0.1) is 12.3 Å². The maximum absolute atomic E-state index is 13.8. The number of thiazole rings is 1. The quantitative estimate of drug-likeness (QED) is 0.576. The highest BCUT2D eigenvalue weighted by Crippen LogP contribution is 2.23. The predicted octanol–water partition coefficient (Wildman–Crippen LogP) is 4.37. The van der Waals surface area contributed by atoms with Crippen molar-refractivity contribution in [2.24, 2.45) is 5.10 Å². The van der Waals surface area contributed by atoms with Crippen molar-refractivity contribution in [3.05, 3.63) is 82.4 Å². The summed E-state index contributed by atoms with van der Waals surface area (Å²) in [7, 11) is 0. The van der Waals surface area contributed by atoms with Crippen LogP contribution in [0.4, 0.5) is 13.9 Å². The van der Waals surface area contributed by atoms with Crippen molar-refractivity contribution < 1.29 is 18.4 Å². The van der Waals surface area contributed by atoms with E-state index >= 15 is 0 Å². The number of nitrogens with one attached hydrogen (secondary N) is 1. The van der Waals surface area contributed by atoms with Crippen LogP contribution in [0.2, 0.25) is 0 Å². The zero-order chi connectivity index (χ0) is 22.5. The van der Waals surface area contributed by atoms with E-state index in [4.69, 9.17) is 0 Å². The number of hydrogen-bond acceptors (Lipinski definition) is 5. The van der Waals surface area contributed by atoms with Gasteiger partial charge >= 0.3 is 0 Å². The largest absolute Gasteiger partial charge is 0.302 e. The first-order valence-electron chi connectivity index (χ1n) is 10.1. The van der Waals surface area contributed by atoms with Crippen molar-refractivity contribution in [2.75, 3.05) is 11.9 Å². The van der Waals surface area contributed by atoms with Gasteiger partial charge in [0.25, 0.3) is 0 Å². The fraction of sp³-hybridized carbons (Fsp3) is 0.217. The number of aromatic nitrogens is 1. The zero-order valence-corrected chi connectivity index (χ0v) is 17.9. The van der Waals surface area contributed by atoms with E-state index in [1.165, 1.54) is 34.7 Å². The maximum atomic E-state index is 13.8. The van der Waals surface area contributed by atoms with Crippen LogP contribution >= 0.6 is 11.3 Å². The van der Waals surface area contributed by atoms with Gasteiger partial charge in [0.2, 0.25) is 11.8 Å². The summed E-state index contributed by atoms with van der Waals surface area (Å²) in [6, 6.07) is 13.1. The molecule has 1 aliphatic rings.